The van der Waals surface area contributed by atoms with Gasteiger partial charge in [-0.1, -0.05) is 44.2 Å². The maximum atomic E-state index is 13.4. The maximum Gasteiger partial charge on any atom is 0.325 e. The molecule has 1 aromatic carbocycles. The SMILES string of the molecule is CC1NC(=O)C(C(C)C)NC(=O)C2(C=Cc3ccc4ccc(nc4c3)C(C)OC(=O)C3CCCN(N3)C1=O)CC2. The number of cyclic esters (lactones) is 1. The van der Waals surface area contributed by atoms with Crippen molar-refractivity contribution in [1.29, 1.82) is 0 Å². The van der Waals surface area contributed by atoms with Crippen molar-refractivity contribution in [3.8, 4) is 0 Å². The van der Waals surface area contributed by atoms with Gasteiger partial charge in [-0.05, 0) is 63.1 Å². The van der Waals surface area contributed by atoms with Gasteiger partial charge < -0.3 is 15.4 Å². The molecule has 2 fully saturated rings. The molecule has 2 aliphatic heterocycles. The summed E-state index contributed by atoms with van der Waals surface area (Å²) >= 11 is 0. The van der Waals surface area contributed by atoms with Gasteiger partial charge in [0.1, 0.15) is 24.2 Å². The molecule has 1 saturated carbocycles. The van der Waals surface area contributed by atoms with E-state index in [0.717, 1.165) is 16.5 Å². The number of nitrogens with one attached hydrogen (secondary N) is 3. The van der Waals surface area contributed by atoms with E-state index in [2.05, 4.69) is 16.1 Å². The van der Waals surface area contributed by atoms with Crippen molar-refractivity contribution in [3.63, 3.8) is 0 Å². The molecule has 3 aliphatic rings. The molecule has 10 heteroatoms. The number of pyridine rings is 1. The van der Waals surface area contributed by atoms with Crippen LogP contribution < -0.4 is 16.1 Å². The Morgan fingerprint density at radius 2 is 1.80 bits per heavy atom. The number of carbonyl (C=O) groups excluding carboxylic acids is 4. The van der Waals surface area contributed by atoms with Gasteiger partial charge in [-0.3, -0.25) is 24.2 Å². The van der Waals surface area contributed by atoms with E-state index >= 15 is 0 Å². The van der Waals surface area contributed by atoms with Crippen LogP contribution in [-0.2, 0) is 23.9 Å². The highest BCUT2D eigenvalue weighted by Gasteiger charge is 2.48. The van der Waals surface area contributed by atoms with Crippen LogP contribution in [0, 0.1) is 11.3 Å². The van der Waals surface area contributed by atoms with Crippen molar-refractivity contribution in [2.45, 2.75) is 77.6 Å². The molecule has 3 N–H and O–H groups in total. The number of amides is 3. The Morgan fingerprint density at radius 3 is 2.52 bits per heavy atom. The Labute approximate surface area is 233 Å². The highest BCUT2D eigenvalue weighted by molar-refractivity contribution is 5.95. The van der Waals surface area contributed by atoms with E-state index in [4.69, 9.17) is 9.72 Å². The Balaban J connectivity index is 1.48. The third-order valence-electron chi connectivity index (χ3n) is 7.98. The third kappa shape index (κ3) is 5.72. The molecular weight excluding hydrogens is 510 g/mol. The van der Waals surface area contributed by atoms with Crippen LogP contribution in [0.25, 0.3) is 17.0 Å². The first-order valence-corrected chi connectivity index (χ1v) is 14.1. The molecule has 1 aliphatic carbocycles. The average Bonchev–Trinajstić information content (AvgIpc) is 3.74. The Bertz CT molecular complexity index is 1370. The summed E-state index contributed by atoms with van der Waals surface area (Å²) in [6, 6.07) is 7.30. The van der Waals surface area contributed by atoms with Crippen LogP contribution in [0.4, 0.5) is 0 Å². The minimum absolute atomic E-state index is 0.192. The predicted molar refractivity (Wildman–Crippen MR) is 149 cm³/mol. The molecule has 3 heterocycles. The Hall–Kier alpha value is -3.79. The number of esters is 1. The molecule has 3 amide bonds. The summed E-state index contributed by atoms with van der Waals surface area (Å²) in [6.45, 7) is 7.48. The van der Waals surface area contributed by atoms with Crippen molar-refractivity contribution < 1.29 is 23.9 Å². The van der Waals surface area contributed by atoms with Crippen LogP contribution in [0.5, 0.6) is 0 Å². The number of hydrogen-bond donors (Lipinski definition) is 3. The van der Waals surface area contributed by atoms with Gasteiger partial charge in [0.15, 0.2) is 0 Å². The van der Waals surface area contributed by atoms with Crippen molar-refractivity contribution in [3.05, 3.63) is 47.7 Å². The zero-order valence-corrected chi connectivity index (χ0v) is 23.4. The summed E-state index contributed by atoms with van der Waals surface area (Å²) in [7, 11) is 0. The Kier molecular flexibility index (Phi) is 7.63. The zero-order chi connectivity index (χ0) is 28.6. The van der Waals surface area contributed by atoms with Crippen molar-refractivity contribution in [1.82, 2.24) is 26.1 Å². The van der Waals surface area contributed by atoms with Gasteiger partial charge in [0, 0.05) is 11.9 Å². The lowest BCUT2D eigenvalue weighted by atomic mass is 9.99. The number of fused-ring (bicyclic) bond motifs is 4. The standard InChI is InChI=1S/C30H37N5O5/c1-17(2)25-26(36)31-18(3)27(37)35-15-5-6-23(34-35)28(38)40-19(4)22-10-9-21-8-7-20(16-24(21)32-22)11-12-30(13-14-30)29(39)33-25/h7-12,16-19,23,25,34H,5-6,13-15H2,1-4H3,(H,31,36)(H,33,39). The van der Waals surface area contributed by atoms with Gasteiger partial charge in [-0.2, -0.15) is 0 Å². The molecule has 1 saturated heterocycles. The van der Waals surface area contributed by atoms with Crippen molar-refractivity contribution in [2.75, 3.05) is 6.54 Å². The van der Waals surface area contributed by atoms with Crippen LogP contribution in [0.2, 0.25) is 0 Å². The molecule has 2 aromatic rings. The molecule has 1 spiro atoms. The van der Waals surface area contributed by atoms with Gasteiger partial charge in [-0.15, -0.1) is 0 Å². The zero-order valence-electron chi connectivity index (χ0n) is 23.4. The number of ether oxygens (including phenoxy) is 1. The second kappa shape index (κ2) is 11.0. The first kappa shape index (κ1) is 27.8. The second-order valence-electron chi connectivity index (χ2n) is 11.5. The van der Waals surface area contributed by atoms with Crippen molar-refractivity contribution in [2.24, 2.45) is 11.3 Å². The number of aromatic nitrogens is 1. The molecule has 10 nitrogen and oxygen atoms in total. The first-order chi connectivity index (χ1) is 19.1. The molecule has 0 radical (unpaired) electrons. The topological polar surface area (TPSA) is 130 Å². The lowest BCUT2D eigenvalue weighted by molar-refractivity contribution is -0.157. The number of nitrogens with zero attached hydrogens (tertiary/aromatic N) is 2. The van der Waals surface area contributed by atoms with Crippen LogP contribution in [0.3, 0.4) is 0 Å². The van der Waals surface area contributed by atoms with E-state index in [9.17, 15) is 19.2 Å². The van der Waals surface area contributed by atoms with E-state index in [0.29, 0.717) is 37.9 Å². The fourth-order valence-corrected chi connectivity index (χ4v) is 5.19. The smallest absolute Gasteiger partial charge is 0.325 e. The van der Waals surface area contributed by atoms with E-state index in [1.807, 2.05) is 56.3 Å². The molecule has 5 rings (SSSR count). The minimum atomic E-state index is -0.863. The third-order valence-corrected chi connectivity index (χ3v) is 7.98. The van der Waals surface area contributed by atoms with Crippen LogP contribution >= 0.6 is 0 Å². The van der Waals surface area contributed by atoms with Crippen molar-refractivity contribution >= 4 is 40.7 Å². The molecule has 40 heavy (non-hydrogen) atoms. The lowest BCUT2D eigenvalue weighted by Crippen LogP contribution is -2.61. The highest BCUT2D eigenvalue weighted by atomic mass is 16.5. The number of hydrazine groups is 1. The van der Waals surface area contributed by atoms with E-state index < -0.39 is 41.5 Å². The molecule has 4 unspecified atom stereocenters. The maximum absolute atomic E-state index is 13.4. The Morgan fingerprint density at radius 1 is 1.05 bits per heavy atom. The normalized spacial score (nSPS) is 27.5. The highest BCUT2D eigenvalue weighted by Crippen LogP contribution is 2.48. The van der Waals surface area contributed by atoms with E-state index in [1.54, 1.807) is 13.8 Å². The summed E-state index contributed by atoms with van der Waals surface area (Å²) in [5.74, 6) is -1.65. The van der Waals surface area contributed by atoms with E-state index in [-0.39, 0.29) is 17.7 Å². The fourth-order valence-electron chi connectivity index (χ4n) is 5.19. The van der Waals surface area contributed by atoms with Gasteiger partial charge in [0.05, 0.1) is 16.6 Å². The number of hydrogen-bond acceptors (Lipinski definition) is 7. The largest absolute Gasteiger partial charge is 0.455 e. The fraction of sp³-hybridized carbons (Fsp3) is 0.500. The average molecular weight is 548 g/mol. The number of benzene rings is 1. The molecule has 5 bridgehead atoms. The summed E-state index contributed by atoms with van der Waals surface area (Å²) in [5.41, 5.74) is 4.57. The summed E-state index contributed by atoms with van der Waals surface area (Å²) < 4.78 is 5.76. The van der Waals surface area contributed by atoms with Gasteiger partial charge in [0.25, 0.3) is 5.91 Å². The number of carbonyl (C=O) groups is 4. The summed E-state index contributed by atoms with van der Waals surface area (Å²) in [4.78, 5) is 57.6. The monoisotopic (exact) mass is 547 g/mol. The van der Waals surface area contributed by atoms with Crippen LogP contribution in [0.1, 0.15) is 70.7 Å². The number of rotatable bonds is 1. The first-order valence-electron chi connectivity index (χ1n) is 14.1. The second-order valence-corrected chi connectivity index (χ2v) is 11.5. The molecular formula is C30H37N5O5. The van der Waals surface area contributed by atoms with E-state index in [1.165, 1.54) is 5.01 Å². The van der Waals surface area contributed by atoms with Crippen LogP contribution in [0.15, 0.2) is 36.4 Å². The molecule has 212 valence electrons. The molecule has 4 atom stereocenters. The van der Waals surface area contributed by atoms with Gasteiger partial charge in [-0.25, -0.2) is 10.4 Å². The quantitative estimate of drug-likeness (QED) is 0.468. The lowest BCUT2D eigenvalue weighted by Gasteiger charge is -2.35. The van der Waals surface area contributed by atoms with Crippen LogP contribution in [-0.4, -0.2) is 58.4 Å². The summed E-state index contributed by atoms with van der Waals surface area (Å²) in [6.07, 6.45) is 5.72. The predicted octanol–water partition coefficient (Wildman–Crippen LogP) is 2.79. The minimum Gasteiger partial charge on any atom is -0.455 e. The summed E-state index contributed by atoms with van der Waals surface area (Å²) in [5, 5.41) is 8.01. The van der Waals surface area contributed by atoms with Gasteiger partial charge >= 0.3 is 5.97 Å². The molecule has 1 aromatic heterocycles. The van der Waals surface area contributed by atoms with Gasteiger partial charge in [0.2, 0.25) is 11.8 Å².